The van der Waals surface area contributed by atoms with E-state index in [2.05, 4.69) is 15.0 Å². The molecular weight excluding hydrogens is 274 g/mol. The lowest BCUT2D eigenvalue weighted by Gasteiger charge is -2.22. The van der Waals surface area contributed by atoms with Crippen molar-refractivity contribution in [1.82, 2.24) is 14.6 Å². The highest BCUT2D eigenvalue weighted by Crippen LogP contribution is 2.30. The number of rotatable bonds is 4. The van der Waals surface area contributed by atoms with Crippen LogP contribution in [-0.2, 0) is 4.79 Å². The smallest absolute Gasteiger partial charge is 0.236 e. The molecule has 1 amide bonds. The summed E-state index contributed by atoms with van der Waals surface area (Å²) in [6.07, 6.45) is 1.74. The molecule has 3 rings (SSSR count). The maximum absolute atomic E-state index is 11.4. The van der Waals surface area contributed by atoms with Crippen molar-refractivity contribution >= 4 is 22.4 Å². The van der Waals surface area contributed by atoms with Gasteiger partial charge < -0.3 is 11.2 Å². The Balaban J connectivity index is 1.82. The summed E-state index contributed by atoms with van der Waals surface area (Å²) >= 11 is 1.28. The molecule has 0 spiro atoms. The third-order valence-electron chi connectivity index (χ3n) is 3.36. The number of benzene rings is 1. The average Bonchev–Trinajstić information content (AvgIpc) is 3.09. The van der Waals surface area contributed by atoms with Crippen LogP contribution in [0.3, 0.4) is 0 Å². The van der Waals surface area contributed by atoms with Gasteiger partial charge in [-0.15, -0.1) is 5.10 Å². The Bertz CT molecular complexity index is 600. The number of nitrogens with one attached hydrogen (secondary N) is 1. The number of hydrogen-bond donors (Lipinski definition) is 2. The average molecular weight is 289 g/mol. The summed E-state index contributed by atoms with van der Waals surface area (Å²) < 4.78 is 4.00. The first-order valence-electron chi connectivity index (χ1n) is 6.46. The van der Waals surface area contributed by atoms with Gasteiger partial charge in [-0.05, 0) is 12.8 Å². The van der Waals surface area contributed by atoms with Crippen molar-refractivity contribution in [3.63, 3.8) is 0 Å². The Labute approximate surface area is 120 Å². The van der Waals surface area contributed by atoms with E-state index in [4.69, 9.17) is 5.73 Å². The third kappa shape index (κ3) is 2.50. The van der Waals surface area contributed by atoms with Gasteiger partial charge in [0.2, 0.25) is 5.91 Å². The largest absolute Gasteiger partial charge is 0.368 e. The lowest BCUT2D eigenvalue weighted by atomic mass is 10.2. The molecule has 3 N–H and O–H groups in total. The molecule has 1 aromatic carbocycles. The van der Waals surface area contributed by atoms with Crippen LogP contribution in [0.15, 0.2) is 30.3 Å². The van der Waals surface area contributed by atoms with Crippen LogP contribution in [0, 0.1) is 0 Å². The molecule has 6 nitrogen and oxygen atoms in total. The molecule has 1 saturated heterocycles. The van der Waals surface area contributed by atoms with E-state index in [1.807, 2.05) is 35.3 Å². The molecule has 2 heterocycles. The summed E-state index contributed by atoms with van der Waals surface area (Å²) in [7, 11) is 0. The first-order valence-corrected chi connectivity index (χ1v) is 7.23. The highest BCUT2D eigenvalue weighted by atomic mass is 32.1. The summed E-state index contributed by atoms with van der Waals surface area (Å²) in [5, 5.41) is 6.88. The van der Waals surface area contributed by atoms with Crippen LogP contribution in [0.1, 0.15) is 12.8 Å². The predicted octanol–water partition coefficient (Wildman–Crippen LogP) is 1.48. The number of primary amides is 1. The first kappa shape index (κ1) is 13.0. The number of aromatic nitrogens is 2. The highest BCUT2D eigenvalue weighted by molar-refractivity contribution is 7.10. The molecule has 0 radical (unpaired) electrons. The second-order valence-corrected chi connectivity index (χ2v) is 5.44. The molecule has 7 heteroatoms. The SMILES string of the molecule is NC(=O)[C@@H]1CCCN1Nc1snnc1-c1ccccc1. The van der Waals surface area contributed by atoms with Gasteiger partial charge in [0.15, 0.2) is 5.00 Å². The van der Waals surface area contributed by atoms with Crippen LogP contribution in [0.5, 0.6) is 0 Å². The van der Waals surface area contributed by atoms with Gasteiger partial charge in [-0.25, -0.2) is 5.01 Å². The number of carbonyl (C=O) groups excluding carboxylic acids is 1. The summed E-state index contributed by atoms with van der Waals surface area (Å²) in [5.41, 5.74) is 10.5. The minimum atomic E-state index is -0.297. The van der Waals surface area contributed by atoms with Gasteiger partial charge >= 0.3 is 0 Å². The van der Waals surface area contributed by atoms with Crippen LogP contribution >= 0.6 is 11.5 Å². The molecular formula is C13H15N5OS. The van der Waals surface area contributed by atoms with Gasteiger partial charge in [-0.1, -0.05) is 34.8 Å². The lowest BCUT2D eigenvalue weighted by Crippen LogP contribution is -2.43. The van der Waals surface area contributed by atoms with E-state index in [9.17, 15) is 4.79 Å². The topological polar surface area (TPSA) is 84.1 Å². The second-order valence-electron chi connectivity index (χ2n) is 4.68. The molecule has 1 fully saturated rings. The van der Waals surface area contributed by atoms with E-state index in [-0.39, 0.29) is 11.9 Å². The Hall–Kier alpha value is -1.99. The van der Waals surface area contributed by atoms with Crippen molar-refractivity contribution < 1.29 is 4.79 Å². The van der Waals surface area contributed by atoms with Crippen molar-refractivity contribution in [2.24, 2.45) is 5.73 Å². The molecule has 104 valence electrons. The normalized spacial score (nSPS) is 19.1. The van der Waals surface area contributed by atoms with E-state index < -0.39 is 0 Å². The maximum atomic E-state index is 11.4. The van der Waals surface area contributed by atoms with Crippen LogP contribution in [-0.4, -0.2) is 33.1 Å². The van der Waals surface area contributed by atoms with E-state index in [0.29, 0.717) is 0 Å². The molecule has 1 atom stereocenters. The van der Waals surface area contributed by atoms with Crippen molar-refractivity contribution in [3.05, 3.63) is 30.3 Å². The molecule has 0 saturated carbocycles. The summed E-state index contributed by atoms with van der Waals surface area (Å²) in [6.45, 7) is 0.791. The quantitative estimate of drug-likeness (QED) is 0.890. The van der Waals surface area contributed by atoms with Gasteiger partial charge in [-0.3, -0.25) is 4.79 Å². The van der Waals surface area contributed by atoms with Crippen molar-refractivity contribution in [2.75, 3.05) is 12.0 Å². The zero-order chi connectivity index (χ0) is 13.9. The highest BCUT2D eigenvalue weighted by Gasteiger charge is 2.30. The maximum Gasteiger partial charge on any atom is 0.236 e. The van der Waals surface area contributed by atoms with Crippen molar-refractivity contribution in [2.45, 2.75) is 18.9 Å². The van der Waals surface area contributed by atoms with Gasteiger partial charge in [0, 0.05) is 23.6 Å². The van der Waals surface area contributed by atoms with Crippen LogP contribution < -0.4 is 11.2 Å². The minimum absolute atomic E-state index is 0.263. The van der Waals surface area contributed by atoms with Gasteiger partial charge in [0.25, 0.3) is 0 Å². The fourth-order valence-electron chi connectivity index (χ4n) is 2.38. The minimum Gasteiger partial charge on any atom is -0.368 e. The standard InChI is InChI=1S/C13H15N5OS/c14-12(19)10-7-4-8-18(10)16-13-11(15-17-20-13)9-5-2-1-3-6-9/h1-3,5-6,10,16H,4,7-8H2,(H2,14,19)/t10-/m0/s1. The summed E-state index contributed by atoms with van der Waals surface area (Å²) in [5.74, 6) is -0.297. The van der Waals surface area contributed by atoms with Crippen LogP contribution in [0.2, 0.25) is 0 Å². The fraction of sp³-hybridized carbons (Fsp3) is 0.308. The Kier molecular flexibility index (Phi) is 3.62. The molecule has 1 aliphatic heterocycles. The Morgan fingerprint density at radius 3 is 2.95 bits per heavy atom. The Morgan fingerprint density at radius 1 is 1.40 bits per heavy atom. The molecule has 0 aliphatic carbocycles. The number of hydrazine groups is 1. The monoisotopic (exact) mass is 289 g/mol. The molecule has 2 aromatic rings. The number of carbonyl (C=O) groups is 1. The molecule has 1 aliphatic rings. The number of hydrogen-bond acceptors (Lipinski definition) is 6. The molecule has 1 aromatic heterocycles. The fourth-order valence-corrected chi connectivity index (χ4v) is 2.98. The predicted molar refractivity (Wildman–Crippen MR) is 77.9 cm³/mol. The zero-order valence-corrected chi connectivity index (χ0v) is 11.6. The van der Waals surface area contributed by atoms with Crippen LogP contribution in [0.4, 0.5) is 5.00 Å². The second kappa shape index (κ2) is 5.56. The molecule has 0 unspecified atom stereocenters. The van der Waals surface area contributed by atoms with Crippen molar-refractivity contribution in [3.8, 4) is 11.3 Å². The van der Waals surface area contributed by atoms with Gasteiger partial charge in [-0.2, -0.15) is 0 Å². The van der Waals surface area contributed by atoms with E-state index >= 15 is 0 Å². The number of amides is 1. The van der Waals surface area contributed by atoms with E-state index in [1.165, 1.54) is 11.5 Å². The number of anilines is 1. The van der Waals surface area contributed by atoms with Crippen LogP contribution in [0.25, 0.3) is 11.3 Å². The van der Waals surface area contributed by atoms with E-state index in [1.54, 1.807) is 0 Å². The zero-order valence-electron chi connectivity index (χ0n) is 10.8. The summed E-state index contributed by atoms with van der Waals surface area (Å²) in [6, 6.07) is 9.58. The summed E-state index contributed by atoms with van der Waals surface area (Å²) in [4.78, 5) is 11.4. The van der Waals surface area contributed by atoms with Gasteiger partial charge in [0.05, 0.1) is 0 Å². The number of nitrogens with two attached hydrogens (primary N) is 1. The third-order valence-corrected chi connectivity index (χ3v) is 3.99. The first-order chi connectivity index (χ1) is 9.75. The van der Waals surface area contributed by atoms with Crippen molar-refractivity contribution in [1.29, 1.82) is 0 Å². The molecule has 20 heavy (non-hydrogen) atoms. The van der Waals surface area contributed by atoms with Gasteiger partial charge in [0.1, 0.15) is 11.7 Å². The van der Waals surface area contributed by atoms with E-state index in [0.717, 1.165) is 35.6 Å². The lowest BCUT2D eigenvalue weighted by molar-refractivity contribution is -0.121. The Morgan fingerprint density at radius 2 is 2.20 bits per heavy atom. The number of nitrogens with zero attached hydrogens (tertiary/aromatic N) is 3. The molecule has 0 bridgehead atoms.